The molecule has 3 atom stereocenters. The van der Waals surface area contributed by atoms with Crippen molar-refractivity contribution in [2.45, 2.75) is 68.0 Å². The number of rotatable bonds is 8. The Morgan fingerprint density at radius 1 is 1.10 bits per heavy atom. The second-order valence-electron chi connectivity index (χ2n) is 13.7. The van der Waals surface area contributed by atoms with Gasteiger partial charge in [0.2, 0.25) is 10.0 Å². The van der Waals surface area contributed by atoms with Crippen LogP contribution < -0.4 is 20.1 Å². The van der Waals surface area contributed by atoms with E-state index in [0.29, 0.717) is 28.7 Å². The lowest BCUT2D eigenvalue weighted by molar-refractivity contribution is -0.111. The Morgan fingerprint density at radius 2 is 1.88 bits per heavy atom. The van der Waals surface area contributed by atoms with Gasteiger partial charge in [0.1, 0.15) is 17.4 Å². The van der Waals surface area contributed by atoms with Crippen LogP contribution in [0.3, 0.4) is 0 Å². The van der Waals surface area contributed by atoms with E-state index in [1.807, 2.05) is 55.6 Å². The molecule has 1 aliphatic heterocycles. The fraction of sp³-hybridized carbons (Fsp3) is 0.371. The van der Waals surface area contributed by atoms with E-state index in [-0.39, 0.29) is 16.1 Å². The fourth-order valence-electron chi connectivity index (χ4n) is 6.46. The standard InChI is InChI=1S/C35H41N7O5S/c1-33(2,3)23-18-24(20-26(19-23)48(45,46)36-5)37-32(44)38-35(22-43)16-14-29(27-10-7-8-11-28(27)35)47-25-12-13-30-39-40-31(42(30)21-25)34(4)15-9-17-41(34)6/h7-8,10-14,16,18-22,29,36H,9,15,17H2,1-6H3,(H2,37,38,44)/t29-,34+,35-/m1/s1. The highest BCUT2D eigenvalue weighted by molar-refractivity contribution is 7.89. The number of nitrogens with one attached hydrogen (secondary N) is 3. The summed E-state index contributed by atoms with van der Waals surface area (Å²) in [6.07, 6.45) is 7.42. The van der Waals surface area contributed by atoms with E-state index in [1.54, 1.807) is 36.4 Å². The average Bonchev–Trinajstić information content (AvgIpc) is 3.64. The number of aromatic nitrogens is 3. The molecule has 0 radical (unpaired) electrons. The first-order chi connectivity index (χ1) is 22.7. The highest BCUT2D eigenvalue weighted by Gasteiger charge is 2.41. The Hall–Kier alpha value is -4.59. The monoisotopic (exact) mass is 671 g/mol. The van der Waals surface area contributed by atoms with Gasteiger partial charge in [-0.05, 0) is 99.4 Å². The quantitative estimate of drug-likeness (QED) is 0.179. The van der Waals surface area contributed by atoms with Crippen LogP contribution in [-0.2, 0) is 31.3 Å². The average molecular weight is 672 g/mol. The summed E-state index contributed by atoms with van der Waals surface area (Å²) < 4.78 is 36.1. The molecule has 3 heterocycles. The van der Waals surface area contributed by atoms with Gasteiger partial charge >= 0.3 is 6.03 Å². The molecule has 48 heavy (non-hydrogen) atoms. The fourth-order valence-corrected chi connectivity index (χ4v) is 7.26. The van der Waals surface area contributed by atoms with Crippen LogP contribution in [0.25, 0.3) is 5.65 Å². The summed E-state index contributed by atoms with van der Waals surface area (Å²) in [4.78, 5) is 28.6. The summed E-state index contributed by atoms with van der Waals surface area (Å²) in [6.45, 7) is 9.01. The Morgan fingerprint density at radius 3 is 2.56 bits per heavy atom. The van der Waals surface area contributed by atoms with Gasteiger partial charge in [0.05, 0.1) is 16.6 Å². The Balaban J connectivity index is 1.28. The Labute approximate surface area is 280 Å². The molecule has 4 aromatic rings. The van der Waals surface area contributed by atoms with Crippen molar-refractivity contribution in [2.75, 3.05) is 26.0 Å². The van der Waals surface area contributed by atoms with Gasteiger partial charge < -0.3 is 15.4 Å². The van der Waals surface area contributed by atoms with Gasteiger partial charge in [-0.2, -0.15) is 0 Å². The molecule has 2 aliphatic rings. The van der Waals surface area contributed by atoms with Gasteiger partial charge in [0.15, 0.2) is 17.8 Å². The van der Waals surface area contributed by atoms with E-state index >= 15 is 0 Å². The first-order valence-electron chi connectivity index (χ1n) is 15.9. The maximum Gasteiger partial charge on any atom is 0.320 e. The SMILES string of the molecule is CNS(=O)(=O)c1cc(NC(=O)N[C@@]2(C=O)C=C[C@@H](Oc3ccc4nnc([C@]5(C)CCCN5C)n4c3)c3ccccc32)cc(C(C)(C)C)c1. The number of likely N-dealkylation sites (tertiary alicyclic amines) is 1. The van der Waals surface area contributed by atoms with E-state index in [2.05, 4.69) is 44.4 Å². The van der Waals surface area contributed by atoms with Crippen LogP contribution in [0.5, 0.6) is 5.75 Å². The number of carbonyl (C=O) groups excluding carboxylic acids is 2. The highest BCUT2D eigenvalue weighted by atomic mass is 32.2. The van der Waals surface area contributed by atoms with Crippen LogP contribution in [0, 0.1) is 0 Å². The van der Waals surface area contributed by atoms with Crippen LogP contribution in [0.15, 0.2) is 77.8 Å². The molecule has 12 nitrogen and oxygen atoms in total. The molecular weight excluding hydrogens is 630 g/mol. The minimum Gasteiger partial charge on any atom is -0.480 e. The summed E-state index contributed by atoms with van der Waals surface area (Å²) in [5.41, 5.74) is 0.802. The molecule has 0 unspecified atom stereocenters. The molecule has 13 heteroatoms. The number of pyridine rings is 1. The third-order valence-electron chi connectivity index (χ3n) is 9.48. The third-order valence-corrected chi connectivity index (χ3v) is 10.9. The lowest BCUT2D eigenvalue weighted by Crippen LogP contribution is -2.49. The van der Waals surface area contributed by atoms with E-state index in [9.17, 15) is 18.0 Å². The zero-order valence-corrected chi connectivity index (χ0v) is 28.8. The molecule has 0 spiro atoms. The molecule has 2 aromatic heterocycles. The first-order valence-corrected chi connectivity index (χ1v) is 17.3. The minimum absolute atomic E-state index is 0.0156. The second-order valence-corrected chi connectivity index (χ2v) is 15.6. The maximum atomic E-state index is 13.5. The van der Waals surface area contributed by atoms with Crippen molar-refractivity contribution in [2.24, 2.45) is 0 Å². The van der Waals surface area contributed by atoms with Crippen LogP contribution in [-0.4, -0.2) is 60.9 Å². The van der Waals surface area contributed by atoms with Crippen molar-refractivity contribution in [1.29, 1.82) is 0 Å². The molecule has 1 saturated heterocycles. The van der Waals surface area contributed by atoms with Crippen molar-refractivity contribution < 1.29 is 22.7 Å². The van der Waals surface area contributed by atoms with Crippen LogP contribution in [0.4, 0.5) is 10.5 Å². The second kappa shape index (κ2) is 12.1. The zero-order chi connectivity index (χ0) is 34.5. The summed E-state index contributed by atoms with van der Waals surface area (Å²) in [6, 6.07) is 15.0. The van der Waals surface area contributed by atoms with Crippen molar-refractivity contribution in [3.8, 4) is 5.75 Å². The first kappa shape index (κ1) is 33.3. The third kappa shape index (κ3) is 5.97. The molecule has 1 fully saturated rings. The van der Waals surface area contributed by atoms with Crippen molar-refractivity contribution >= 4 is 33.7 Å². The van der Waals surface area contributed by atoms with Gasteiger partial charge in [0, 0.05) is 11.3 Å². The zero-order valence-electron chi connectivity index (χ0n) is 27.9. The van der Waals surface area contributed by atoms with Gasteiger partial charge in [-0.15, -0.1) is 10.2 Å². The molecule has 2 amide bonds. The highest BCUT2D eigenvalue weighted by Crippen LogP contribution is 2.39. The van der Waals surface area contributed by atoms with E-state index in [4.69, 9.17) is 4.74 Å². The van der Waals surface area contributed by atoms with Gasteiger partial charge in [-0.3, -0.25) is 14.1 Å². The smallest absolute Gasteiger partial charge is 0.320 e. The Bertz CT molecular complexity index is 2040. The topological polar surface area (TPSA) is 147 Å². The van der Waals surface area contributed by atoms with Gasteiger partial charge in [0.25, 0.3) is 0 Å². The number of sulfonamides is 1. The van der Waals surface area contributed by atoms with Crippen LogP contribution in [0.2, 0.25) is 0 Å². The normalized spacial score (nSPS) is 22.8. The molecule has 0 bridgehead atoms. The number of benzene rings is 2. The predicted molar refractivity (Wildman–Crippen MR) is 182 cm³/mol. The largest absolute Gasteiger partial charge is 0.480 e. The lowest BCUT2D eigenvalue weighted by Gasteiger charge is -2.34. The molecule has 3 N–H and O–H groups in total. The molecule has 252 valence electrons. The number of carbonyl (C=O) groups is 2. The molecule has 6 rings (SSSR count). The van der Waals surface area contributed by atoms with E-state index < -0.39 is 33.1 Å². The Kier molecular flexibility index (Phi) is 8.42. The lowest BCUT2D eigenvalue weighted by atomic mass is 9.81. The van der Waals surface area contributed by atoms with Crippen LogP contribution in [0.1, 0.15) is 69.2 Å². The maximum absolute atomic E-state index is 13.5. The van der Waals surface area contributed by atoms with Crippen LogP contribution >= 0.6 is 0 Å². The van der Waals surface area contributed by atoms with Gasteiger partial charge in [-0.25, -0.2) is 17.9 Å². The summed E-state index contributed by atoms with van der Waals surface area (Å²) in [5, 5.41) is 14.5. The van der Waals surface area contributed by atoms with E-state index in [1.165, 1.54) is 13.1 Å². The summed E-state index contributed by atoms with van der Waals surface area (Å²) in [5.74, 6) is 1.44. The number of ether oxygens (including phenoxy) is 1. The molecule has 0 saturated carbocycles. The number of nitrogens with zero attached hydrogens (tertiary/aromatic N) is 4. The van der Waals surface area contributed by atoms with E-state index in [0.717, 1.165) is 30.9 Å². The molecular formula is C35H41N7O5S. The van der Waals surface area contributed by atoms with Crippen molar-refractivity contribution in [3.05, 3.63) is 95.5 Å². The number of hydrogen-bond acceptors (Lipinski definition) is 8. The minimum atomic E-state index is -3.79. The number of urea groups is 1. The molecule has 1 aliphatic carbocycles. The number of anilines is 1. The molecule has 2 aromatic carbocycles. The number of amides is 2. The number of hydrogen-bond donors (Lipinski definition) is 3. The van der Waals surface area contributed by atoms with Crippen molar-refractivity contribution in [1.82, 2.24) is 29.5 Å². The van der Waals surface area contributed by atoms with Crippen molar-refractivity contribution in [3.63, 3.8) is 0 Å². The number of fused-ring (bicyclic) bond motifs is 2. The summed E-state index contributed by atoms with van der Waals surface area (Å²) >= 11 is 0. The summed E-state index contributed by atoms with van der Waals surface area (Å²) in [7, 11) is -0.363. The predicted octanol–water partition coefficient (Wildman–Crippen LogP) is 4.78. The van der Waals surface area contributed by atoms with Gasteiger partial charge in [-0.1, -0.05) is 45.0 Å². The number of aldehydes is 1.